The van der Waals surface area contributed by atoms with Crippen molar-refractivity contribution in [3.63, 3.8) is 0 Å². The zero-order valence-electron chi connectivity index (χ0n) is 12.2. The van der Waals surface area contributed by atoms with E-state index in [2.05, 4.69) is 21.5 Å². The van der Waals surface area contributed by atoms with Gasteiger partial charge in [-0.05, 0) is 35.9 Å². The van der Waals surface area contributed by atoms with Crippen LogP contribution in [-0.2, 0) is 6.54 Å². The molecule has 0 spiro atoms. The Morgan fingerprint density at radius 3 is 2.96 bits per heavy atom. The highest BCUT2D eigenvalue weighted by Crippen LogP contribution is 2.10. The molecule has 2 aromatic heterocycles. The molecule has 1 N–H and O–H groups in total. The van der Waals surface area contributed by atoms with Crippen LogP contribution in [0.15, 0.2) is 61.1 Å². The molecule has 0 saturated heterocycles. The van der Waals surface area contributed by atoms with Crippen molar-refractivity contribution in [2.45, 2.75) is 6.54 Å². The lowest BCUT2D eigenvalue weighted by molar-refractivity contribution is 0.0945. The van der Waals surface area contributed by atoms with Gasteiger partial charge < -0.3 is 5.32 Å². The van der Waals surface area contributed by atoms with E-state index in [1.165, 1.54) is 0 Å². The number of carbonyl (C=O) groups excluding carboxylic acids is 1. The fourth-order valence-electron chi connectivity index (χ4n) is 2.08. The van der Waals surface area contributed by atoms with Crippen LogP contribution in [0.4, 0.5) is 0 Å². The van der Waals surface area contributed by atoms with Crippen molar-refractivity contribution >= 4 is 5.91 Å². The first kappa shape index (κ1) is 14.5. The van der Waals surface area contributed by atoms with Crippen LogP contribution in [0.2, 0.25) is 0 Å². The number of pyridine rings is 1. The topological polar surface area (TPSA) is 83.6 Å². The number of nitrogens with zero attached hydrogens (tertiary/aromatic N) is 4. The number of amides is 1. The van der Waals surface area contributed by atoms with Crippen LogP contribution < -0.4 is 5.32 Å². The Labute approximate surface area is 133 Å². The monoisotopic (exact) mass is 303 g/mol. The van der Waals surface area contributed by atoms with Crippen LogP contribution in [0.1, 0.15) is 21.6 Å². The van der Waals surface area contributed by atoms with Gasteiger partial charge >= 0.3 is 0 Å². The number of nitrogens with one attached hydrogen (secondary N) is 1. The number of carbonyl (C=O) groups is 1. The third-order valence-electron chi connectivity index (χ3n) is 3.24. The second-order valence-corrected chi connectivity index (χ2v) is 4.85. The molecule has 0 aliphatic rings. The number of hydrogen-bond donors (Lipinski definition) is 1. The first-order chi connectivity index (χ1) is 11.3. The van der Waals surface area contributed by atoms with E-state index in [9.17, 15) is 4.79 Å². The largest absolute Gasteiger partial charge is 0.347 e. The number of aromatic nitrogens is 3. The van der Waals surface area contributed by atoms with Gasteiger partial charge in [0.15, 0.2) is 5.69 Å². The van der Waals surface area contributed by atoms with Crippen LogP contribution in [-0.4, -0.2) is 20.7 Å². The molecule has 0 bridgehead atoms. The van der Waals surface area contributed by atoms with Gasteiger partial charge in [0.05, 0.1) is 17.3 Å². The lowest BCUT2D eigenvalue weighted by Crippen LogP contribution is -2.23. The molecule has 0 radical (unpaired) electrons. The molecule has 3 rings (SSSR count). The lowest BCUT2D eigenvalue weighted by Gasteiger charge is -2.03. The molecule has 0 aliphatic heterocycles. The normalized spacial score (nSPS) is 10.0. The van der Waals surface area contributed by atoms with Crippen LogP contribution >= 0.6 is 0 Å². The van der Waals surface area contributed by atoms with Gasteiger partial charge in [-0.25, -0.2) is 4.68 Å². The quantitative estimate of drug-likeness (QED) is 0.799. The van der Waals surface area contributed by atoms with Crippen LogP contribution in [0.3, 0.4) is 0 Å². The molecule has 0 atom stereocenters. The minimum absolute atomic E-state index is 0.260. The smallest absolute Gasteiger partial charge is 0.272 e. The summed E-state index contributed by atoms with van der Waals surface area (Å²) in [5.41, 5.74) is 2.51. The van der Waals surface area contributed by atoms with E-state index in [0.717, 1.165) is 11.3 Å². The molecule has 1 aromatic carbocycles. The Kier molecular flexibility index (Phi) is 4.11. The summed E-state index contributed by atoms with van der Waals surface area (Å²) in [7, 11) is 0. The van der Waals surface area contributed by atoms with Crippen LogP contribution in [0.5, 0.6) is 0 Å². The second kappa shape index (κ2) is 6.54. The van der Waals surface area contributed by atoms with Crippen molar-refractivity contribution in [3.05, 3.63) is 77.9 Å². The molecular weight excluding hydrogens is 290 g/mol. The molecule has 23 heavy (non-hydrogen) atoms. The van der Waals surface area contributed by atoms with E-state index in [1.807, 2.05) is 18.2 Å². The molecule has 1 amide bonds. The molecule has 6 heteroatoms. The fraction of sp³-hybridized carbons (Fsp3) is 0.0588. The average Bonchev–Trinajstić information content (AvgIpc) is 3.11. The molecular formula is C17H13N5O. The third kappa shape index (κ3) is 3.41. The van der Waals surface area contributed by atoms with Crippen LogP contribution in [0, 0.1) is 11.3 Å². The molecule has 2 heterocycles. The van der Waals surface area contributed by atoms with Gasteiger partial charge in [-0.1, -0.05) is 12.1 Å². The molecule has 3 aromatic rings. The zero-order chi connectivity index (χ0) is 16.1. The molecule has 0 fully saturated rings. The standard InChI is InChI=1S/C17H13N5O/c18-10-13-3-1-5-15(9-13)22-8-6-16(21-22)17(23)20-12-14-4-2-7-19-11-14/h1-9,11H,12H2,(H,20,23). The molecule has 0 aliphatic carbocycles. The summed E-state index contributed by atoms with van der Waals surface area (Å²) in [5, 5.41) is 16.0. The van der Waals surface area contributed by atoms with Crippen molar-refractivity contribution < 1.29 is 4.79 Å². The Morgan fingerprint density at radius 1 is 1.26 bits per heavy atom. The van der Waals surface area contributed by atoms with E-state index in [1.54, 1.807) is 47.5 Å². The Morgan fingerprint density at radius 2 is 2.17 bits per heavy atom. The summed E-state index contributed by atoms with van der Waals surface area (Å²) >= 11 is 0. The summed E-state index contributed by atoms with van der Waals surface area (Å²) < 4.78 is 1.57. The molecule has 0 unspecified atom stereocenters. The van der Waals surface area contributed by atoms with Gasteiger partial charge in [0.25, 0.3) is 5.91 Å². The van der Waals surface area contributed by atoms with E-state index in [-0.39, 0.29) is 5.91 Å². The maximum atomic E-state index is 12.1. The van der Waals surface area contributed by atoms with Gasteiger partial charge in [0, 0.05) is 25.1 Å². The first-order valence-electron chi connectivity index (χ1n) is 6.99. The Hall–Kier alpha value is -3.46. The molecule has 112 valence electrons. The minimum atomic E-state index is -0.260. The van der Waals surface area contributed by atoms with Gasteiger partial charge in [0.2, 0.25) is 0 Å². The lowest BCUT2D eigenvalue weighted by atomic mass is 10.2. The Balaban J connectivity index is 1.71. The van der Waals surface area contributed by atoms with Crippen LogP contribution in [0.25, 0.3) is 5.69 Å². The highest BCUT2D eigenvalue weighted by Gasteiger charge is 2.10. The van der Waals surface area contributed by atoms with Gasteiger partial charge in [-0.2, -0.15) is 10.4 Å². The van der Waals surface area contributed by atoms with Crippen molar-refractivity contribution in [2.75, 3.05) is 0 Å². The van der Waals surface area contributed by atoms with E-state index >= 15 is 0 Å². The van der Waals surface area contributed by atoms with Crippen molar-refractivity contribution in [1.82, 2.24) is 20.1 Å². The predicted octanol–water partition coefficient (Wildman–Crippen LogP) is 2.07. The summed E-state index contributed by atoms with van der Waals surface area (Å²) in [6, 6.07) is 14.5. The van der Waals surface area contributed by atoms with Gasteiger partial charge in [-0.15, -0.1) is 0 Å². The summed E-state index contributed by atoms with van der Waals surface area (Å²) in [6.07, 6.45) is 5.07. The summed E-state index contributed by atoms with van der Waals surface area (Å²) in [6.45, 7) is 0.392. The Bertz CT molecular complexity index is 864. The van der Waals surface area contributed by atoms with Crippen molar-refractivity contribution in [3.8, 4) is 11.8 Å². The highest BCUT2D eigenvalue weighted by atomic mass is 16.1. The molecule has 0 saturated carbocycles. The van der Waals surface area contributed by atoms with Gasteiger partial charge in [0.1, 0.15) is 0 Å². The van der Waals surface area contributed by atoms with Crippen molar-refractivity contribution in [1.29, 1.82) is 5.26 Å². The maximum Gasteiger partial charge on any atom is 0.272 e. The first-order valence-corrected chi connectivity index (χ1v) is 6.99. The maximum absolute atomic E-state index is 12.1. The predicted molar refractivity (Wildman–Crippen MR) is 83.7 cm³/mol. The number of hydrogen-bond acceptors (Lipinski definition) is 4. The minimum Gasteiger partial charge on any atom is -0.347 e. The van der Waals surface area contributed by atoms with E-state index in [0.29, 0.717) is 17.8 Å². The SMILES string of the molecule is N#Cc1cccc(-n2ccc(C(=O)NCc3cccnc3)n2)c1. The van der Waals surface area contributed by atoms with Crippen molar-refractivity contribution in [2.24, 2.45) is 0 Å². The highest BCUT2D eigenvalue weighted by molar-refractivity contribution is 5.92. The number of rotatable bonds is 4. The van der Waals surface area contributed by atoms with E-state index in [4.69, 9.17) is 5.26 Å². The average molecular weight is 303 g/mol. The van der Waals surface area contributed by atoms with E-state index < -0.39 is 0 Å². The summed E-state index contributed by atoms with van der Waals surface area (Å²) in [5.74, 6) is -0.260. The zero-order valence-corrected chi connectivity index (χ0v) is 12.2. The number of benzene rings is 1. The molecule has 6 nitrogen and oxygen atoms in total. The second-order valence-electron chi connectivity index (χ2n) is 4.85. The number of nitriles is 1. The third-order valence-corrected chi connectivity index (χ3v) is 3.24. The summed E-state index contributed by atoms with van der Waals surface area (Å²) in [4.78, 5) is 16.1. The van der Waals surface area contributed by atoms with Gasteiger partial charge in [-0.3, -0.25) is 9.78 Å². The fourth-order valence-corrected chi connectivity index (χ4v) is 2.08.